The molecule has 0 amide bonds. The summed E-state index contributed by atoms with van der Waals surface area (Å²) in [6.45, 7) is 14.2. The van der Waals surface area contributed by atoms with Gasteiger partial charge < -0.3 is 5.32 Å². The van der Waals surface area contributed by atoms with Gasteiger partial charge in [-0.1, -0.05) is 27.7 Å². The highest BCUT2D eigenvalue weighted by Crippen LogP contribution is 2.47. The van der Waals surface area contributed by atoms with Gasteiger partial charge in [0.25, 0.3) is 0 Å². The Morgan fingerprint density at radius 1 is 1.29 bits per heavy atom. The lowest BCUT2D eigenvalue weighted by Gasteiger charge is -2.42. The van der Waals surface area contributed by atoms with Crippen molar-refractivity contribution in [2.24, 2.45) is 17.3 Å². The molecule has 1 aromatic heterocycles. The minimum atomic E-state index is 0.448. The maximum absolute atomic E-state index is 3.67. The van der Waals surface area contributed by atoms with Gasteiger partial charge in [0.15, 0.2) is 0 Å². The first kappa shape index (κ1) is 17.0. The summed E-state index contributed by atoms with van der Waals surface area (Å²) in [5.74, 6) is 2.45. The number of thiophene rings is 1. The van der Waals surface area contributed by atoms with Crippen LogP contribution in [0.1, 0.15) is 69.7 Å². The molecule has 21 heavy (non-hydrogen) atoms. The van der Waals surface area contributed by atoms with Gasteiger partial charge in [0.1, 0.15) is 0 Å². The molecule has 0 spiro atoms. The fourth-order valence-electron chi connectivity index (χ4n) is 3.89. The number of hydrogen-bond donors (Lipinski definition) is 1. The second-order valence-corrected chi connectivity index (χ2v) is 9.00. The van der Waals surface area contributed by atoms with Gasteiger partial charge in [0.05, 0.1) is 0 Å². The molecule has 0 radical (unpaired) electrons. The highest BCUT2D eigenvalue weighted by atomic mass is 32.1. The minimum Gasteiger partial charge on any atom is -0.316 e. The van der Waals surface area contributed by atoms with E-state index in [1.54, 1.807) is 5.56 Å². The highest BCUT2D eigenvalue weighted by molar-refractivity contribution is 7.10. The van der Waals surface area contributed by atoms with Gasteiger partial charge in [-0.25, -0.2) is 0 Å². The molecular formula is C19H33NS. The second kappa shape index (κ2) is 7.28. The SMILES string of the molecule is CCCNCC1CCC(C(C)(C)C)CC1c1ccsc1C. The predicted molar refractivity (Wildman–Crippen MR) is 95.2 cm³/mol. The number of rotatable bonds is 5. The van der Waals surface area contributed by atoms with Crippen molar-refractivity contribution in [3.05, 3.63) is 21.9 Å². The van der Waals surface area contributed by atoms with Crippen molar-refractivity contribution < 1.29 is 0 Å². The van der Waals surface area contributed by atoms with Gasteiger partial charge >= 0.3 is 0 Å². The maximum atomic E-state index is 3.67. The number of hydrogen-bond acceptors (Lipinski definition) is 2. The zero-order valence-electron chi connectivity index (χ0n) is 14.5. The normalized spacial score (nSPS) is 27.0. The van der Waals surface area contributed by atoms with Gasteiger partial charge in [-0.2, -0.15) is 0 Å². The standard InChI is InChI=1S/C19H33NS/c1-6-10-20-13-15-7-8-16(19(3,4)5)12-18(15)17-9-11-21-14(17)2/h9,11,15-16,18,20H,6-8,10,12-13H2,1-5H3. The molecular weight excluding hydrogens is 274 g/mol. The van der Waals surface area contributed by atoms with E-state index >= 15 is 0 Å². The van der Waals surface area contributed by atoms with Crippen LogP contribution in [0.3, 0.4) is 0 Å². The lowest BCUT2D eigenvalue weighted by Crippen LogP contribution is -2.36. The summed E-state index contributed by atoms with van der Waals surface area (Å²) in [6.07, 6.45) is 5.40. The first-order chi connectivity index (χ1) is 9.93. The van der Waals surface area contributed by atoms with E-state index in [4.69, 9.17) is 0 Å². The third-order valence-corrected chi connectivity index (χ3v) is 6.21. The highest BCUT2D eigenvalue weighted by Gasteiger charge is 2.36. The largest absolute Gasteiger partial charge is 0.316 e. The summed E-state index contributed by atoms with van der Waals surface area (Å²) in [7, 11) is 0. The minimum absolute atomic E-state index is 0.448. The summed E-state index contributed by atoms with van der Waals surface area (Å²) in [5, 5.41) is 5.95. The van der Waals surface area contributed by atoms with E-state index in [0.29, 0.717) is 5.41 Å². The molecule has 0 bridgehead atoms. The first-order valence-corrected chi connectivity index (χ1v) is 9.56. The van der Waals surface area contributed by atoms with Crippen molar-refractivity contribution in [2.75, 3.05) is 13.1 Å². The van der Waals surface area contributed by atoms with Crippen LogP contribution in [0.15, 0.2) is 11.4 Å². The van der Waals surface area contributed by atoms with Gasteiger partial charge in [-0.05, 0) is 85.9 Å². The molecule has 1 aromatic rings. The van der Waals surface area contributed by atoms with Crippen LogP contribution in [-0.2, 0) is 0 Å². The van der Waals surface area contributed by atoms with Crippen LogP contribution >= 0.6 is 11.3 Å². The topological polar surface area (TPSA) is 12.0 Å². The van der Waals surface area contributed by atoms with Crippen molar-refractivity contribution in [2.45, 2.75) is 66.2 Å². The van der Waals surface area contributed by atoms with E-state index in [1.807, 2.05) is 11.3 Å². The van der Waals surface area contributed by atoms with Gasteiger partial charge in [-0.15, -0.1) is 11.3 Å². The van der Waals surface area contributed by atoms with Crippen LogP contribution in [0.2, 0.25) is 0 Å². The van der Waals surface area contributed by atoms with E-state index in [2.05, 4.69) is 51.4 Å². The molecule has 1 N–H and O–H groups in total. The molecule has 1 fully saturated rings. The van der Waals surface area contributed by atoms with Crippen LogP contribution in [0.5, 0.6) is 0 Å². The third-order valence-electron chi connectivity index (χ3n) is 5.35. The Hall–Kier alpha value is -0.340. The smallest absolute Gasteiger partial charge is 0.00491 e. The van der Waals surface area contributed by atoms with Crippen LogP contribution in [-0.4, -0.2) is 13.1 Å². The van der Waals surface area contributed by atoms with Crippen LogP contribution in [0, 0.1) is 24.2 Å². The first-order valence-electron chi connectivity index (χ1n) is 8.68. The summed E-state index contributed by atoms with van der Waals surface area (Å²) < 4.78 is 0. The maximum Gasteiger partial charge on any atom is 0.00491 e. The van der Waals surface area contributed by atoms with Crippen molar-refractivity contribution in [3.8, 4) is 0 Å². The molecule has 3 atom stereocenters. The Bertz CT molecular complexity index is 429. The molecule has 0 aromatic carbocycles. The third kappa shape index (κ3) is 4.32. The van der Waals surface area contributed by atoms with Crippen molar-refractivity contribution in [1.29, 1.82) is 0 Å². The van der Waals surface area contributed by atoms with Crippen LogP contribution in [0.25, 0.3) is 0 Å². The van der Waals surface area contributed by atoms with Crippen LogP contribution < -0.4 is 5.32 Å². The quantitative estimate of drug-likeness (QED) is 0.698. The van der Waals surface area contributed by atoms with Crippen molar-refractivity contribution >= 4 is 11.3 Å². The molecule has 0 saturated heterocycles. The molecule has 3 unspecified atom stereocenters. The lowest BCUT2D eigenvalue weighted by molar-refractivity contribution is 0.129. The predicted octanol–water partition coefficient (Wildman–Crippen LogP) is 5.60. The lowest BCUT2D eigenvalue weighted by atomic mass is 9.64. The number of nitrogens with one attached hydrogen (secondary N) is 1. The zero-order chi connectivity index (χ0) is 15.5. The van der Waals surface area contributed by atoms with Gasteiger partial charge in [0, 0.05) is 4.88 Å². The average molecular weight is 308 g/mol. The van der Waals surface area contributed by atoms with Crippen molar-refractivity contribution in [1.82, 2.24) is 5.32 Å². The molecule has 1 aliphatic rings. The Morgan fingerprint density at radius 2 is 2.05 bits per heavy atom. The summed E-state index contributed by atoms with van der Waals surface area (Å²) in [5.41, 5.74) is 2.08. The Morgan fingerprint density at radius 3 is 2.62 bits per heavy atom. The fraction of sp³-hybridized carbons (Fsp3) is 0.789. The monoisotopic (exact) mass is 307 g/mol. The molecule has 2 heteroatoms. The van der Waals surface area contributed by atoms with E-state index in [9.17, 15) is 0 Å². The molecule has 1 saturated carbocycles. The number of aryl methyl sites for hydroxylation is 1. The second-order valence-electron chi connectivity index (χ2n) is 7.88. The fourth-order valence-corrected chi connectivity index (χ4v) is 4.66. The Balaban J connectivity index is 2.12. The van der Waals surface area contributed by atoms with Crippen LogP contribution in [0.4, 0.5) is 0 Å². The van der Waals surface area contributed by atoms with E-state index < -0.39 is 0 Å². The summed E-state index contributed by atoms with van der Waals surface area (Å²) in [6, 6.07) is 2.39. The van der Waals surface area contributed by atoms with Crippen molar-refractivity contribution in [3.63, 3.8) is 0 Å². The molecule has 1 nitrogen and oxygen atoms in total. The molecule has 2 rings (SSSR count). The molecule has 1 aliphatic carbocycles. The summed E-state index contributed by atoms with van der Waals surface area (Å²) >= 11 is 1.92. The van der Waals surface area contributed by atoms with E-state index in [1.165, 1.54) is 37.1 Å². The Labute approximate surface area is 135 Å². The Kier molecular flexibility index (Phi) is 5.90. The molecule has 0 aliphatic heterocycles. The molecule has 1 heterocycles. The van der Waals surface area contributed by atoms with Gasteiger partial charge in [0.2, 0.25) is 0 Å². The van der Waals surface area contributed by atoms with Gasteiger partial charge in [-0.3, -0.25) is 0 Å². The average Bonchev–Trinajstić information content (AvgIpc) is 2.84. The molecule has 120 valence electrons. The zero-order valence-corrected chi connectivity index (χ0v) is 15.4. The van der Waals surface area contributed by atoms with E-state index in [-0.39, 0.29) is 0 Å². The summed E-state index contributed by atoms with van der Waals surface area (Å²) in [4.78, 5) is 1.54. The van der Waals surface area contributed by atoms with E-state index in [0.717, 1.165) is 24.3 Å².